The van der Waals surface area contributed by atoms with Gasteiger partial charge in [0.05, 0.1) is 11.7 Å². The average molecular weight is 269 g/mol. The highest BCUT2D eigenvalue weighted by Gasteiger charge is 2.10. The van der Waals surface area contributed by atoms with Crippen LogP contribution < -0.4 is 5.73 Å². The summed E-state index contributed by atoms with van der Waals surface area (Å²) in [4.78, 5) is 4.33. The number of hydrogen-bond acceptors (Lipinski definition) is 3. The Morgan fingerprint density at radius 2 is 2.21 bits per heavy atom. The fourth-order valence-electron chi connectivity index (χ4n) is 1.22. The minimum Gasteiger partial charge on any atom is -0.319 e. The molecule has 0 aliphatic carbocycles. The molecule has 0 aromatic carbocycles. The van der Waals surface area contributed by atoms with Crippen LogP contribution in [-0.4, -0.2) is 4.98 Å². The van der Waals surface area contributed by atoms with E-state index in [1.807, 2.05) is 35.0 Å². The highest BCUT2D eigenvalue weighted by Crippen LogP contribution is 2.21. The third-order valence-electron chi connectivity index (χ3n) is 1.96. The third-order valence-corrected chi connectivity index (χ3v) is 3.10. The monoisotopic (exact) mass is 268 g/mol. The van der Waals surface area contributed by atoms with Crippen LogP contribution in [0.1, 0.15) is 17.3 Å². The normalized spacial score (nSPS) is 12.7. The molecular weight excluding hydrogens is 260 g/mol. The van der Waals surface area contributed by atoms with Crippen LogP contribution >= 0.6 is 27.3 Å². The standard InChI is InChI=1S/C10H9BrN2S/c11-9-3-1-2-8(13-9)10(12)7-4-5-14-6-7/h1-6,10H,12H2/t10-/m0/s1. The molecule has 0 saturated heterocycles. The molecule has 0 spiro atoms. The van der Waals surface area contributed by atoms with Gasteiger partial charge in [-0.1, -0.05) is 6.07 Å². The largest absolute Gasteiger partial charge is 0.319 e. The maximum atomic E-state index is 6.05. The Hall–Kier alpha value is -0.710. The number of rotatable bonds is 2. The second kappa shape index (κ2) is 4.21. The number of halogens is 1. The molecule has 0 aliphatic heterocycles. The third kappa shape index (κ3) is 2.03. The van der Waals surface area contributed by atoms with Gasteiger partial charge in [-0.3, -0.25) is 0 Å². The molecule has 0 fully saturated rings. The lowest BCUT2D eigenvalue weighted by Crippen LogP contribution is -2.12. The number of nitrogens with two attached hydrogens (primary N) is 1. The van der Waals surface area contributed by atoms with Gasteiger partial charge in [0, 0.05) is 0 Å². The van der Waals surface area contributed by atoms with Gasteiger partial charge in [-0.05, 0) is 50.5 Å². The van der Waals surface area contributed by atoms with E-state index in [1.165, 1.54) is 0 Å². The van der Waals surface area contributed by atoms with Crippen LogP contribution in [0.4, 0.5) is 0 Å². The van der Waals surface area contributed by atoms with E-state index in [2.05, 4.69) is 20.9 Å². The van der Waals surface area contributed by atoms with E-state index in [1.54, 1.807) is 11.3 Å². The lowest BCUT2D eigenvalue weighted by Gasteiger charge is -2.08. The van der Waals surface area contributed by atoms with E-state index in [0.717, 1.165) is 15.9 Å². The summed E-state index contributed by atoms with van der Waals surface area (Å²) in [6.07, 6.45) is 0. The van der Waals surface area contributed by atoms with Crippen molar-refractivity contribution in [2.45, 2.75) is 6.04 Å². The summed E-state index contributed by atoms with van der Waals surface area (Å²) in [6, 6.07) is 7.67. The van der Waals surface area contributed by atoms with Crippen molar-refractivity contribution in [1.29, 1.82) is 0 Å². The second-order valence-corrected chi connectivity index (χ2v) is 4.51. The molecular formula is C10H9BrN2S. The molecule has 2 rings (SSSR count). The van der Waals surface area contributed by atoms with Crippen molar-refractivity contribution in [3.8, 4) is 0 Å². The smallest absolute Gasteiger partial charge is 0.106 e. The minimum absolute atomic E-state index is 0.126. The summed E-state index contributed by atoms with van der Waals surface area (Å²) in [7, 11) is 0. The molecule has 4 heteroatoms. The molecule has 0 aliphatic rings. The number of nitrogens with zero attached hydrogens (tertiary/aromatic N) is 1. The molecule has 2 aromatic heterocycles. The van der Waals surface area contributed by atoms with Crippen molar-refractivity contribution >= 4 is 27.3 Å². The van der Waals surface area contributed by atoms with Crippen LogP contribution in [0.2, 0.25) is 0 Å². The van der Waals surface area contributed by atoms with Gasteiger partial charge in [0.15, 0.2) is 0 Å². The van der Waals surface area contributed by atoms with Gasteiger partial charge in [-0.2, -0.15) is 11.3 Å². The van der Waals surface area contributed by atoms with E-state index in [9.17, 15) is 0 Å². The molecule has 2 aromatic rings. The Morgan fingerprint density at radius 3 is 2.86 bits per heavy atom. The van der Waals surface area contributed by atoms with Crippen molar-refractivity contribution in [1.82, 2.24) is 4.98 Å². The highest BCUT2D eigenvalue weighted by atomic mass is 79.9. The average Bonchev–Trinajstić information content (AvgIpc) is 2.69. The minimum atomic E-state index is -0.126. The van der Waals surface area contributed by atoms with Gasteiger partial charge >= 0.3 is 0 Å². The zero-order valence-corrected chi connectivity index (χ0v) is 9.75. The van der Waals surface area contributed by atoms with Crippen LogP contribution in [0.5, 0.6) is 0 Å². The number of hydrogen-bond donors (Lipinski definition) is 1. The van der Waals surface area contributed by atoms with Crippen molar-refractivity contribution in [3.05, 3.63) is 50.9 Å². The van der Waals surface area contributed by atoms with Crippen LogP contribution in [0, 0.1) is 0 Å². The summed E-state index contributed by atoms with van der Waals surface area (Å²) in [6.45, 7) is 0. The van der Waals surface area contributed by atoms with Crippen LogP contribution in [0.15, 0.2) is 39.6 Å². The van der Waals surface area contributed by atoms with Gasteiger partial charge < -0.3 is 5.73 Å². The Kier molecular flexibility index (Phi) is 2.96. The van der Waals surface area contributed by atoms with E-state index < -0.39 is 0 Å². The lowest BCUT2D eigenvalue weighted by atomic mass is 10.1. The van der Waals surface area contributed by atoms with E-state index >= 15 is 0 Å². The second-order valence-electron chi connectivity index (χ2n) is 2.92. The first kappa shape index (κ1) is 9.83. The summed E-state index contributed by atoms with van der Waals surface area (Å²) in [5.74, 6) is 0. The van der Waals surface area contributed by atoms with Crippen molar-refractivity contribution in [2.24, 2.45) is 5.73 Å². The van der Waals surface area contributed by atoms with E-state index in [-0.39, 0.29) is 6.04 Å². The highest BCUT2D eigenvalue weighted by molar-refractivity contribution is 9.10. The van der Waals surface area contributed by atoms with Gasteiger partial charge in [-0.25, -0.2) is 4.98 Å². The zero-order chi connectivity index (χ0) is 9.97. The Labute approximate surface area is 94.9 Å². The lowest BCUT2D eigenvalue weighted by molar-refractivity contribution is 0.829. The first-order valence-electron chi connectivity index (χ1n) is 4.17. The molecule has 0 saturated carbocycles. The first-order valence-corrected chi connectivity index (χ1v) is 5.91. The van der Waals surface area contributed by atoms with Crippen LogP contribution in [-0.2, 0) is 0 Å². The van der Waals surface area contributed by atoms with E-state index in [0.29, 0.717) is 0 Å². The van der Waals surface area contributed by atoms with Crippen molar-refractivity contribution in [3.63, 3.8) is 0 Å². The fourth-order valence-corrected chi connectivity index (χ4v) is 2.27. The molecule has 2 heterocycles. The van der Waals surface area contributed by atoms with Gasteiger partial charge in [0.1, 0.15) is 4.60 Å². The Balaban J connectivity index is 2.32. The molecule has 0 bridgehead atoms. The fraction of sp³-hybridized carbons (Fsp3) is 0.100. The molecule has 0 unspecified atom stereocenters. The number of thiophene rings is 1. The predicted octanol–water partition coefficient (Wildman–Crippen LogP) is 2.95. The van der Waals surface area contributed by atoms with Crippen LogP contribution in [0.3, 0.4) is 0 Å². The molecule has 0 radical (unpaired) electrons. The van der Waals surface area contributed by atoms with Crippen molar-refractivity contribution < 1.29 is 0 Å². The molecule has 1 atom stereocenters. The predicted molar refractivity (Wildman–Crippen MR) is 62.3 cm³/mol. The summed E-state index contributed by atoms with van der Waals surface area (Å²) in [5, 5.41) is 4.07. The molecule has 14 heavy (non-hydrogen) atoms. The molecule has 2 nitrogen and oxygen atoms in total. The summed E-state index contributed by atoms with van der Waals surface area (Å²) in [5.41, 5.74) is 8.05. The topological polar surface area (TPSA) is 38.9 Å². The maximum absolute atomic E-state index is 6.05. The Bertz CT molecular complexity index is 414. The maximum Gasteiger partial charge on any atom is 0.106 e. The van der Waals surface area contributed by atoms with Crippen molar-refractivity contribution in [2.75, 3.05) is 0 Å². The summed E-state index contributed by atoms with van der Waals surface area (Å²) < 4.78 is 0.820. The summed E-state index contributed by atoms with van der Waals surface area (Å²) >= 11 is 4.98. The first-order chi connectivity index (χ1) is 6.77. The van der Waals surface area contributed by atoms with Gasteiger partial charge in [-0.15, -0.1) is 0 Å². The molecule has 2 N–H and O–H groups in total. The van der Waals surface area contributed by atoms with E-state index in [4.69, 9.17) is 5.73 Å². The molecule has 72 valence electrons. The molecule has 0 amide bonds. The Morgan fingerprint density at radius 1 is 1.36 bits per heavy atom. The van der Waals surface area contributed by atoms with Gasteiger partial charge in [0.2, 0.25) is 0 Å². The number of aromatic nitrogens is 1. The zero-order valence-electron chi connectivity index (χ0n) is 7.35. The van der Waals surface area contributed by atoms with Gasteiger partial charge in [0.25, 0.3) is 0 Å². The quantitative estimate of drug-likeness (QED) is 0.851. The number of pyridine rings is 1. The SMILES string of the molecule is N[C@@H](c1ccsc1)c1cccc(Br)n1. The van der Waals surface area contributed by atoms with Crippen LogP contribution in [0.25, 0.3) is 0 Å².